The second kappa shape index (κ2) is 10.4. The average Bonchev–Trinajstić information content (AvgIpc) is 3.63. The van der Waals surface area contributed by atoms with Crippen LogP contribution < -0.4 is 4.74 Å². The van der Waals surface area contributed by atoms with Crippen LogP contribution in [-0.4, -0.2) is 0 Å². The van der Waals surface area contributed by atoms with Crippen LogP contribution in [0.2, 0.25) is 0 Å². The molecular weight excluding hydrogens is 605 g/mol. The minimum absolute atomic E-state index is 0.126. The van der Waals surface area contributed by atoms with E-state index in [1.54, 1.807) is 0 Å². The smallest absolute Gasteiger partial charge is 0.132 e. The predicted molar refractivity (Wildman–Crippen MR) is 204 cm³/mol. The summed E-state index contributed by atoms with van der Waals surface area (Å²) in [5, 5.41) is 0. The topological polar surface area (TPSA) is 9.23 Å². The molecule has 238 valence electrons. The first kappa shape index (κ1) is 28.2. The molecule has 0 saturated heterocycles. The fourth-order valence-corrected chi connectivity index (χ4v) is 10.4. The van der Waals surface area contributed by atoms with Gasteiger partial charge in [0.05, 0.1) is 5.41 Å². The number of fused-ring (bicyclic) bond motifs is 14. The molecule has 0 amide bonds. The fourth-order valence-electron chi connectivity index (χ4n) is 10.4. The van der Waals surface area contributed by atoms with Crippen molar-refractivity contribution in [3.8, 4) is 56.0 Å². The van der Waals surface area contributed by atoms with Crippen molar-refractivity contribution in [1.29, 1.82) is 0 Å². The largest absolute Gasteiger partial charge is 0.457 e. The first-order chi connectivity index (χ1) is 24.8. The van der Waals surface area contributed by atoms with Gasteiger partial charge in [0.2, 0.25) is 0 Å². The van der Waals surface area contributed by atoms with Gasteiger partial charge in [-0.3, -0.25) is 0 Å². The summed E-state index contributed by atoms with van der Waals surface area (Å²) in [5.41, 5.74) is 18.3. The number of hydrogen-bond acceptors (Lipinski definition) is 1. The van der Waals surface area contributed by atoms with Crippen LogP contribution in [0.1, 0.15) is 65.5 Å². The zero-order chi connectivity index (χ0) is 32.9. The van der Waals surface area contributed by atoms with Crippen LogP contribution in [0.4, 0.5) is 0 Å². The van der Waals surface area contributed by atoms with Crippen molar-refractivity contribution in [2.24, 2.45) is 0 Å². The molecule has 0 aromatic heterocycles. The lowest BCUT2D eigenvalue weighted by Gasteiger charge is -2.39. The standard InChI is InChI=1S/C49H36O/c1-12-29-48(30-13-1)39-21-7-6-19-38(39)47-37(20-14-25-43(47)48)34-16-3-2-15-33(34)32-27-28-46-44(31-32)49(42-24-10-11-26-45(42)50-46)40-22-8-4-17-35(40)36-18-5-9-23-41(36)49/h2-11,14-28,31H,1,12-13,29-30H2. The van der Waals surface area contributed by atoms with Crippen LogP contribution in [0.5, 0.6) is 11.5 Å². The third-order valence-corrected chi connectivity index (χ3v) is 12.4. The van der Waals surface area contributed by atoms with Crippen LogP contribution in [0, 0.1) is 0 Å². The van der Waals surface area contributed by atoms with Gasteiger partial charge in [0.1, 0.15) is 11.5 Å². The van der Waals surface area contributed by atoms with Crippen LogP contribution in [-0.2, 0) is 10.8 Å². The molecule has 7 aromatic carbocycles. The Kier molecular flexibility index (Phi) is 5.88. The predicted octanol–water partition coefficient (Wildman–Crippen LogP) is 12.7. The Morgan fingerprint density at radius 2 is 0.900 bits per heavy atom. The van der Waals surface area contributed by atoms with Crippen molar-refractivity contribution in [2.75, 3.05) is 0 Å². The molecule has 1 heterocycles. The van der Waals surface area contributed by atoms with Gasteiger partial charge in [-0.2, -0.15) is 0 Å². The van der Waals surface area contributed by atoms with E-state index in [9.17, 15) is 0 Å². The summed E-state index contributed by atoms with van der Waals surface area (Å²) in [4.78, 5) is 0. The second-order valence-electron chi connectivity index (χ2n) is 14.6. The van der Waals surface area contributed by atoms with E-state index in [1.165, 1.54) is 110 Å². The lowest BCUT2D eigenvalue weighted by Crippen LogP contribution is -2.32. The summed E-state index contributed by atoms with van der Waals surface area (Å²) in [6.07, 6.45) is 6.40. The van der Waals surface area contributed by atoms with Crippen LogP contribution >= 0.6 is 0 Å². The van der Waals surface area contributed by atoms with E-state index in [0.717, 1.165) is 11.5 Å². The summed E-state index contributed by atoms with van der Waals surface area (Å²) in [7, 11) is 0. The van der Waals surface area contributed by atoms with Crippen LogP contribution in [0.15, 0.2) is 158 Å². The monoisotopic (exact) mass is 640 g/mol. The van der Waals surface area contributed by atoms with Gasteiger partial charge in [-0.15, -0.1) is 0 Å². The van der Waals surface area contributed by atoms with Gasteiger partial charge in [-0.05, 0) is 97.8 Å². The minimum Gasteiger partial charge on any atom is -0.457 e. The Morgan fingerprint density at radius 1 is 0.360 bits per heavy atom. The number of para-hydroxylation sites is 1. The van der Waals surface area contributed by atoms with Crippen molar-refractivity contribution in [3.05, 3.63) is 191 Å². The molecule has 1 aliphatic heterocycles. The first-order valence-electron chi connectivity index (χ1n) is 18.2. The van der Waals surface area contributed by atoms with E-state index in [2.05, 4.69) is 158 Å². The molecule has 4 aliphatic rings. The Bertz CT molecular complexity index is 2470. The zero-order valence-electron chi connectivity index (χ0n) is 28.0. The fraction of sp³-hybridized carbons (Fsp3) is 0.143. The lowest BCUT2D eigenvalue weighted by atomic mass is 9.65. The Hall–Kier alpha value is -5.66. The van der Waals surface area contributed by atoms with E-state index in [1.807, 2.05) is 0 Å². The highest BCUT2D eigenvalue weighted by molar-refractivity contribution is 5.97. The lowest BCUT2D eigenvalue weighted by molar-refractivity contribution is 0.353. The number of hydrogen-bond donors (Lipinski definition) is 0. The van der Waals surface area contributed by atoms with Gasteiger partial charge in [-0.1, -0.05) is 159 Å². The van der Waals surface area contributed by atoms with Crippen molar-refractivity contribution < 1.29 is 4.74 Å². The summed E-state index contributed by atoms with van der Waals surface area (Å²) in [6, 6.07) is 58.9. The SMILES string of the molecule is c1ccc2c(c1)Oc1ccc(-c3ccccc3-c3cccc4c3-c3ccccc3C43CCCCC3)cc1C21c2ccccc2-c2ccccc21. The van der Waals surface area contributed by atoms with E-state index in [4.69, 9.17) is 4.74 Å². The highest BCUT2D eigenvalue weighted by Crippen LogP contribution is 2.63. The Morgan fingerprint density at radius 3 is 1.64 bits per heavy atom. The molecule has 0 unspecified atom stereocenters. The maximum absolute atomic E-state index is 6.76. The third kappa shape index (κ3) is 3.57. The molecule has 0 bridgehead atoms. The highest BCUT2D eigenvalue weighted by atomic mass is 16.5. The van der Waals surface area contributed by atoms with E-state index >= 15 is 0 Å². The molecule has 0 atom stereocenters. The van der Waals surface area contributed by atoms with Gasteiger partial charge in [0.15, 0.2) is 0 Å². The van der Waals surface area contributed by atoms with Gasteiger partial charge in [-0.25, -0.2) is 0 Å². The molecule has 1 heteroatoms. The summed E-state index contributed by atoms with van der Waals surface area (Å²) in [5.74, 6) is 1.85. The minimum atomic E-state index is -0.484. The third-order valence-electron chi connectivity index (χ3n) is 12.4. The molecule has 0 N–H and O–H groups in total. The molecule has 3 aliphatic carbocycles. The second-order valence-corrected chi connectivity index (χ2v) is 14.6. The maximum atomic E-state index is 6.76. The maximum Gasteiger partial charge on any atom is 0.132 e. The van der Waals surface area contributed by atoms with Crippen molar-refractivity contribution in [3.63, 3.8) is 0 Å². The number of benzene rings is 7. The van der Waals surface area contributed by atoms with E-state index in [0.29, 0.717) is 0 Å². The summed E-state index contributed by atoms with van der Waals surface area (Å²) < 4.78 is 6.76. The normalized spacial score (nSPS) is 16.5. The van der Waals surface area contributed by atoms with Crippen molar-refractivity contribution >= 4 is 0 Å². The van der Waals surface area contributed by atoms with E-state index in [-0.39, 0.29) is 5.41 Å². The molecule has 2 spiro atoms. The zero-order valence-corrected chi connectivity index (χ0v) is 28.0. The molecule has 1 nitrogen and oxygen atoms in total. The molecular formula is C49H36O. The number of rotatable bonds is 2. The van der Waals surface area contributed by atoms with Crippen molar-refractivity contribution in [1.82, 2.24) is 0 Å². The van der Waals surface area contributed by atoms with Gasteiger partial charge in [0.25, 0.3) is 0 Å². The van der Waals surface area contributed by atoms with Gasteiger partial charge in [0, 0.05) is 16.5 Å². The van der Waals surface area contributed by atoms with Crippen molar-refractivity contribution in [2.45, 2.75) is 42.9 Å². The molecule has 11 rings (SSSR count). The molecule has 1 saturated carbocycles. The van der Waals surface area contributed by atoms with Crippen LogP contribution in [0.3, 0.4) is 0 Å². The highest BCUT2D eigenvalue weighted by Gasteiger charge is 2.51. The molecule has 1 fully saturated rings. The molecule has 50 heavy (non-hydrogen) atoms. The van der Waals surface area contributed by atoms with Gasteiger partial charge >= 0.3 is 0 Å². The quantitative estimate of drug-likeness (QED) is 0.183. The Balaban J connectivity index is 1.16. The van der Waals surface area contributed by atoms with E-state index < -0.39 is 5.41 Å². The first-order valence-corrected chi connectivity index (χ1v) is 18.2. The average molecular weight is 641 g/mol. The van der Waals surface area contributed by atoms with Gasteiger partial charge < -0.3 is 4.74 Å². The number of ether oxygens (including phenoxy) is 1. The van der Waals surface area contributed by atoms with Crippen LogP contribution in [0.25, 0.3) is 44.5 Å². The summed E-state index contributed by atoms with van der Waals surface area (Å²) in [6.45, 7) is 0. The summed E-state index contributed by atoms with van der Waals surface area (Å²) >= 11 is 0. The molecule has 0 radical (unpaired) electrons. The Labute approximate surface area is 293 Å². The molecule has 7 aromatic rings.